The van der Waals surface area contributed by atoms with Crippen LogP contribution >= 0.6 is 0 Å². The van der Waals surface area contributed by atoms with Crippen LogP contribution in [0.4, 0.5) is 13.2 Å². The van der Waals surface area contributed by atoms with Crippen molar-refractivity contribution in [1.82, 2.24) is 0 Å². The van der Waals surface area contributed by atoms with Crippen LogP contribution in [-0.4, -0.2) is 26.4 Å². The molecule has 0 aromatic heterocycles. The number of halogens is 3. The Balaban J connectivity index is 1.90. The van der Waals surface area contributed by atoms with Crippen molar-refractivity contribution in [2.24, 2.45) is 11.8 Å². The molecule has 3 nitrogen and oxygen atoms in total. The molecule has 0 spiro atoms. The molecule has 0 amide bonds. The Morgan fingerprint density at radius 3 is 2.52 bits per heavy atom. The molecule has 0 bridgehead atoms. The Hall–Kier alpha value is -1.08. The van der Waals surface area contributed by atoms with Gasteiger partial charge in [-0.05, 0) is 49.3 Å². The Labute approximate surface area is 133 Å². The van der Waals surface area contributed by atoms with Crippen molar-refractivity contribution in [2.75, 3.05) is 6.61 Å². The zero-order chi connectivity index (χ0) is 16.8. The van der Waals surface area contributed by atoms with Gasteiger partial charge < -0.3 is 4.74 Å². The quantitative estimate of drug-likeness (QED) is 0.837. The third kappa shape index (κ3) is 3.40. The van der Waals surface area contributed by atoms with Crippen molar-refractivity contribution < 1.29 is 26.3 Å². The van der Waals surface area contributed by atoms with Crippen LogP contribution in [0.1, 0.15) is 31.7 Å². The van der Waals surface area contributed by atoms with E-state index in [4.69, 9.17) is 4.74 Å². The highest BCUT2D eigenvalue weighted by atomic mass is 32.2. The molecule has 3 rings (SSSR count). The maximum Gasteiger partial charge on any atom is 0.416 e. The van der Waals surface area contributed by atoms with Crippen LogP contribution in [0.2, 0.25) is 0 Å². The van der Waals surface area contributed by atoms with Crippen LogP contribution in [0, 0.1) is 11.8 Å². The minimum atomic E-state index is -4.55. The molecule has 2 aliphatic rings. The number of alkyl halides is 3. The van der Waals surface area contributed by atoms with Gasteiger partial charge in [0.2, 0.25) is 0 Å². The number of sulfone groups is 1. The van der Waals surface area contributed by atoms with Gasteiger partial charge in [0.25, 0.3) is 0 Å². The highest BCUT2D eigenvalue weighted by molar-refractivity contribution is 7.92. The van der Waals surface area contributed by atoms with E-state index in [2.05, 4.69) is 0 Å². The molecule has 2 fully saturated rings. The lowest BCUT2D eigenvalue weighted by atomic mass is 9.97. The van der Waals surface area contributed by atoms with Gasteiger partial charge in [-0.15, -0.1) is 0 Å². The van der Waals surface area contributed by atoms with E-state index in [-0.39, 0.29) is 16.9 Å². The summed E-state index contributed by atoms with van der Waals surface area (Å²) in [5, 5.41) is -0.690. The molecule has 1 saturated carbocycles. The predicted octanol–water partition coefficient (Wildman–Crippen LogP) is 3.68. The lowest BCUT2D eigenvalue weighted by Crippen LogP contribution is -2.41. The molecular weight excluding hydrogens is 329 g/mol. The molecule has 1 heterocycles. The van der Waals surface area contributed by atoms with Gasteiger partial charge >= 0.3 is 6.18 Å². The minimum Gasteiger partial charge on any atom is -0.378 e. The summed E-state index contributed by atoms with van der Waals surface area (Å²) in [7, 11) is -3.81. The topological polar surface area (TPSA) is 43.4 Å². The van der Waals surface area contributed by atoms with Crippen molar-refractivity contribution in [3.63, 3.8) is 0 Å². The third-order valence-electron chi connectivity index (χ3n) is 4.71. The first kappa shape index (κ1) is 16.8. The first-order chi connectivity index (χ1) is 10.7. The first-order valence-electron chi connectivity index (χ1n) is 7.72. The van der Waals surface area contributed by atoms with E-state index in [0.29, 0.717) is 18.9 Å². The number of hydrogen-bond donors (Lipinski definition) is 0. The number of rotatable bonds is 3. The van der Waals surface area contributed by atoms with E-state index >= 15 is 0 Å². The maximum atomic E-state index is 12.8. The Morgan fingerprint density at radius 2 is 1.91 bits per heavy atom. The summed E-state index contributed by atoms with van der Waals surface area (Å²) in [5.41, 5.74) is -0.933. The van der Waals surface area contributed by atoms with E-state index < -0.39 is 26.8 Å². The molecule has 3 unspecified atom stereocenters. The molecule has 3 atom stereocenters. The highest BCUT2D eigenvalue weighted by Gasteiger charge is 2.44. The van der Waals surface area contributed by atoms with E-state index in [9.17, 15) is 21.6 Å². The molecule has 0 N–H and O–H groups in total. The van der Waals surface area contributed by atoms with Crippen LogP contribution in [0.15, 0.2) is 29.2 Å². The van der Waals surface area contributed by atoms with Crippen LogP contribution < -0.4 is 0 Å². The smallest absolute Gasteiger partial charge is 0.378 e. The number of ether oxygens (including phenoxy) is 1. The van der Waals surface area contributed by atoms with Gasteiger partial charge in [-0.1, -0.05) is 13.0 Å². The summed E-state index contributed by atoms with van der Waals surface area (Å²) >= 11 is 0. The molecule has 1 aliphatic carbocycles. The number of hydrogen-bond acceptors (Lipinski definition) is 3. The predicted molar refractivity (Wildman–Crippen MR) is 78.7 cm³/mol. The molecule has 7 heteroatoms. The fraction of sp³-hybridized carbons (Fsp3) is 0.625. The Kier molecular flexibility index (Phi) is 4.21. The molecular formula is C16H19F3O3S. The fourth-order valence-electron chi connectivity index (χ4n) is 3.17. The normalized spacial score (nSPS) is 29.5. The summed E-state index contributed by atoms with van der Waals surface area (Å²) in [6, 6.07) is 4.03. The van der Waals surface area contributed by atoms with E-state index in [1.54, 1.807) is 6.92 Å². The second-order valence-corrected chi connectivity index (χ2v) is 8.70. The summed E-state index contributed by atoms with van der Waals surface area (Å²) < 4.78 is 69.9. The lowest BCUT2D eigenvalue weighted by molar-refractivity contribution is -0.137. The molecule has 1 aliphatic heterocycles. The third-order valence-corrected chi connectivity index (χ3v) is 7.07. The Bertz CT molecular complexity index is 680. The zero-order valence-corrected chi connectivity index (χ0v) is 13.5. The van der Waals surface area contributed by atoms with Gasteiger partial charge in [-0.2, -0.15) is 13.2 Å². The van der Waals surface area contributed by atoms with Gasteiger partial charge in [-0.3, -0.25) is 0 Å². The fourth-order valence-corrected chi connectivity index (χ4v) is 5.21. The molecule has 1 aromatic rings. The van der Waals surface area contributed by atoms with Crippen molar-refractivity contribution in [3.05, 3.63) is 29.8 Å². The summed E-state index contributed by atoms with van der Waals surface area (Å²) in [6.07, 6.45) is -2.20. The molecule has 128 valence electrons. The van der Waals surface area contributed by atoms with E-state index in [0.717, 1.165) is 31.0 Å². The lowest BCUT2D eigenvalue weighted by Gasteiger charge is -2.34. The second-order valence-electron chi connectivity index (χ2n) is 6.53. The summed E-state index contributed by atoms with van der Waals surface area (Å²) in [6.45, 7) is 2.11. The van der Waals surface area contributed by atoms with E-state index in [1.807, 2.05) is 0 Å². The second kappa shape index (κ2) is 5.77. The molecule has 23 heavy (non-hydrogen) atoms. The van der Waals surface area contributed by atoms with Crippen molar-refractivity contribution in [2.45, 2.75) is 48.6 Å². The van der Waals surface area contributed by atoms with Gasteiger partial charge in [-0.25, -0.2) is 8.42 Å². The Morgan fingerprint density at radius 1 is 1.22 bits per heavy atom. The number of benzene rings is 1. The van der Waals surface area contributed by atoms with Crippen molar-refractivity contribution in [3.8, 4) is 0 Å². The van der Waals surface area contributed by atoms with Gasteiger partial charge in [0.05, 0.1) is 28.4 Å². The van der Waals surface area contributed by atoms with Gasteiger partial charge in [0, 0.05) is 0 Å². The summed E-state index contributed by atoms with van der Waals surface area (Å²) in [5.74, 6) is 0.172. The largest absolute Gasteiger partial charge is 0.416 e. The van der Waals surface area contributed by atoms with Gasteiger partial charge in [0.1, 0.15) is 0 Å². The molecule has 1 aromatic carbocycles. The van der Waals surface area contributed by atoms with Crippen LogP contribution in [0.5, 0.6) is 0 Å². The van der Waals surface area contributed by atoms with Crippen molar-refractivity contribution in [1.29, 1.82) is 0 Å². The standard InChI is InChI=1S/C16H19F3O3S/c1-10-9-22-14(11-5-6-11)8-15(10)23(20,21)13-4-2-3-12(7-13)16(17,18)19/h2-4,7,10-11,14-15H,5-6,8-9H2,1H3. The molecule has 0 radical (unpaired) electrons. The van der Waals surface area contributed by atoms with Crippen molar-refractivity contribution >= 4 is 9.84 Å². The zero-order valence-electron chi connectivity index (χ0n) is 12.7. The highest BCUT2D eigenvalue weighted by Crippen LogP contribution is 2.41. The van der Waals surface area contributed by atoms with Gasteiger partial charge in [0.15, 0.2) is 9.84 Å². The van der Waals surface area contributed by atoms with E-state index in [1.165, 1.54) is 6.07 Å². The monoisotopic (exact) mass is 348 g/mol. The van der Waals surface area contributed by atoms with Crippen LogP contribution in [0.3, 0.4) is 0 Å². The summed E-state index contributed by atoms with van der Waals surface area (Å²) in [4.78, 5) is -0.249. The SMILES string of the molecule is CC1COC(C2CC2)CC1S(=O)(=O)c1cccc(C(F)(F)F)c1. The maximum absolute atomic E-state index is 12.8. The minimum absolute atomic E-state index is 0.0863. The van der Waals surface area contributed by atoms with Crippen LogP contribution in [0.25, 0.3) is 0 Å². The first-order valence-corrected chi connectivity index (χ1v) is 9.27. The average Bonchev–Trinajstić information content (AvgIpc) is 3.31. The van der Waals surface area contributed by atoms with Crippen LogP contribution in [-0.2, 0) is 20.8 Å². The molecule has 1 saturated heterocycles. The average molecular weight is 348 g/mol.